The van der Waals surface area contributed by atoms with Crippen molar-refractivity contribution in [2.75, 3.05) is 12.8 Å². The number of pyridine rings is 1. The first-order valence-electron chi connectivity index (χ1n) is 6.19. The number of nitrogens with two attached hydrogens (primary N) is 1. The van der Waals surface area contributed by atoms with Gasteiger partial charge < -0.3 is 10.6 Å². The molecule has 1 heterocycles. The number of nitrogen functional groups attached to an aromatic ring is 1. The third-order valence-electron chi connectivity index (χ3n) is 3.16. The molecule has 0 spiro atoms. The van der Waals surface area contributed by atoms with Crippen LogP contribution in [0.2, 0.25) is 0 Å². The van der Waals surface area contributed by atoms with Gasteiger partial charge in [0.2, 0.25) is 0 Å². The highest BCUT2D eigenvalue weighted by Gasteiger charge is 2.16. The molecular formula is C15H16BrN3O. The molecule has 0 fully saturated rings. The second-order valence-electron chi connectivity index (χ2n) is 4.68. The molecule has 0 saturated heterocycles. The first kappa shape index (κ1) is 14.5. The number of halogens is 1. The van der Waals surface area contributed by atoms with Crippen molar-refractivity contribution in [3.05, 3.63) is 57.8 Å². The molecule has 0 atom stereocenters. The maximum absolute atomic E-state index is 12.5. The Morgan fingerprint density at radius 3 is 2.65 bits per heavy atom. The summed E-state index contributed by atoms with van der Waals surface area (Å²) in [7, 11) is 1.78. The van der Waals surface area contributed by atoms with Gasteiger partial charge in [-0.1, -0.05) is 15.9 Å². The van der Waals surface area contributed by atoms with Gasteiger partial charge in [-0.25, -0.2) is 0 Å². The number of carbonyl (C=O) groups excluding carboxylic acids is 1. The standard InChI is InChI=1S/C15H16BrN3O/c1-10-13(7-12(16)8-14(10)17)15(20)19(2)9-11-3-5-18-6-4-11/h3-8H,9,17H2,1-2H3. The van der Waals surface area contributed by atoms with Gasteiger partial charge in [0, 0.05) is 41.7 Å². The van der Waals surface area contributed by atoms with Crippen molar-refractivity contribution < 1.29 is 4.79 Å². The molecule has 0 radical (unpaired) electrons. The van der Waals surface area contributed by atoms with Crippen molar-refractivity contribution >= 4 is 27.5 Å². The summed E-state index contributed by atoms with van der Waals surface area (Å²) in [5, 5.41) is 0. The Kier molecular flexibility index (Phi) is 4.39. The van der Waals surface area contributed by atoms with Gasteiger partial charge in [-0.2, -0.15) is 0 Å². The van der Waals surface area contributed by atoms with Crippen molar-refractivity contribution in [3.63, 3.8) is 0 Å². The molecule has 0 bridgehead atoms. The van der Waals surface area contributed by atoms with Crippen LogP contribution < -0.4 is 5.73 Å². The van der Waals surface area contributed by atoms with Crippen LogP contribution in [0.4, 0.5) is 5.69 Å². The highest BCUT2D eigenvalue weighted by molar-refractivity contribution is 9.10. The van der Waals surface area contributed by atoms with E-state index in [1.807, 2.05) is 19.1 Å². The average molecular weight is 334 g/mol. The molecule has 0 aliphatic heterocycles. The first-order chi connectivity index (χ1) is 9.49. The molecule has 2 aromatic rings. The molecule has 104 valence electrons. The van der Waals surface area contributed by atoms with E-state index in [1.54, 1.807) is 36.5 Å². The van der Waals surface area contributed by atoms with E-state index in [0.717, 1.165) is 15.6 Å². The quantitative estimate of drug-likeness (QED) is 0.878. The average Bonchev–Trinajstić information content (AvgIpc) is 2.43. The fourth-order valence-electron chi connectivity index (χ4n) is 1.96. The number of benzene rings is 1. The van der Waals surface area contributed by atoms with Crippen LogP contribution in [0, 0.1) is 6.92 Å². The van der Waals surface area contributed by atoms with Crippen LogP contribution in [0.5, 0.6) is 0 Å². The van der Waals surface area contributed by atoms with Crippen LogP contribution >= 0.6 is 15.9 Å². The summed E-state index contributed by atoms with van der Waals surface area (Å²) in [5.74, 6) is -0.0488. The Bertz CT molecular complexity index is 629. The monoisotopic (exact) mass is 333 g/mol. The predicted octanol–water partition coefficient (Wildman–Crippen LogP) is 3.01. The highest BCUT2D eigenvalue weighted by Crippen LogP contribution is 2.24. The van der Waals surface area contributed by atoms with Crippen LogP contribution in [0.25, 0.3) is 0 Å². The number of amides is 1. The maximum atomic E-state index is 12.5. The summed E-state index contributed by atoms with van der Waals surface area (Å²) in [5.41, 5.74) is 8.98. The molecule has 0 aliphatic rings. The van der Waals surface area contributed by atoms with Crippen LogP contribution in [0.3, 0.4) is 0 Å². The minimum Gasteiger partial charge on any atom is -0.398 e. The fraction of sp³-hybridized carbons (Fsp3) is 0.200. The van der Waals surface area contributed by atoms with Crippen molar-refractivity contribution in [2.45, 2.75) is 13.5 Å². The Morgan fingerprint density at radius 1 is 1.35 bits per heavy atom. The van der Waals surface area contributed by atoms with Gasteiger partial charge in [-0.15, -0.1) is 0 Å². The van der Waals surface area contributed by atoms with Crippen LogP contribution in [-0.2, 0) is 6.54 Å². The summed E-state index contributed by atoms with van der Waals surface area (Å²) in [6.07, 6.45) is 3.44. The largest absolute Gasteiger partial charge is 0.398 e. The van der Waals surface area contributed by atoms with Crippen LogP contribution in [-0.4, -0.2) is 22.8 Å². The first-order valence-corrected chi connectivity index (χ1v) is 6.98. The Hall–Kier alpha value is -1.88. The lowest BCUT2D eigenvalue weighted by atomic mass is 10.1. The zero-order valence-corrected chi connectivity index (χ0v) is 13.0. The molecule has 1 aromatic heterocycles. The number of anilines is 1. The number of nitrogens with zero attached hydrogens (tertiary/aromatic N) is 2. The van der Waals surface area contributed by atoms with Crippen LogP contribution in [0.1, 0.15) is 21.5 Å². The smallest absolute Gasteiger partial charge is 0.254 e. The van der Waals surface area contributed by atoms with Crippen molar-refractivity contribution in [1.82, 2.24) is 9.88 Å². The molecule has 2 rings (SSSR count). The number of aromatic nitrogens is 1. The second-order valence-corrected chi connectivity index (χ2v) is 5.60. The van der Waals surface area contributed by atoms with Gasteiger partial charge in [-0.05, 0) is 42.3 Å². The summed E-state index contributed by atoms with van der Waals surface area (Å²) < 4.78 is 0.807. The van der Waals surface area contributed by atoms with Gasteiger partial charge in [0.25, 0.3) is 5.91 Å². The Morgan fingerprint density at radius 2 is 2.00 bits per heavy atom. The molecular weight excluding hydrogens is 318 g/mol. The van der Waals surface area contributed by atoms with E-state index in [9.17, 15) is 4.79 Å². The highest BCUT2D eigenvalue weighted by atomic mass is 79.9. The van der Waals surface area contributed by atoms with Gasteiger partial charge in [0.1, 0.15) is 0 Å². The summed E-state index contributed by atoms with van der Waals surface area (Å²) in [6.45, 7) is 2.39. The predicted molar refractivity (Wildman–Crippen MR) is 83.3 cm³/mol. The van der Waals surface area contributed by atoms with E-state index in [0.29, 0.717) is 17.8 Å². The zero-order chi connectivity index (χ0) is 14.7. The summed E-state index contributed by atoms with van der Waals surface area (Å²) in [4.78, 5) is 18.1. The second kappa shape index (κ2) is 6.05. The summed E-state index contributed by atoms with van der Waals surface area (Å²) >= 11 is 3.37. The van der Waals surface area contributed by atoms with Crippen molar-refractivity contribution in [2.24, 2.45) is 0 Å². The molecule has 0 aliphatic carbocycles. The summed E-state index contributed by atoms with van der Waals surface area (Å²) in [6, 6.07) is 7.39. The molecule has 1 amide bonds. The number of rotatable bonds is 3. The number of hydrogen-bond acceptors (Lipinski definition) is 3. The van der Waals surface area contributed by atoms with Gasteiger partial charge in [0.05, 0.1) is 0 Å². The normalized spacial score (nSPS) is 10.3. The number of carbonyl (C=O) groups is 1. The Labute approximate surface area is 126 Å². The maximum Gasteiger partial charge on any atom is 0.254 e. The van der Waals surface area contributed by atoms with E-state index in [-0.39, 0.29) is 5.91 Å². The van der Waals surface area contributed by atoms with Gasteiger partial charge in [-0.3, -0.25) is 9.78 Å². The molecule has 0 saturated carbocycles. The van der Waals surface area contributed by atoms with E-state index in [2.05, 4.69) is 20.9 Å². The molecule has 5 heteroatoms. The fourth-order valence-corrected chi connectivity index (χ4v) is 2.44. The number of hydrogen-bond donors (Lipinski definition) is 1. The minimum absolute atomic E-state index is 0.0488. The Balaban J connectivity index is 2.23. The van der Waals surface area contributed by atoms with E-state index < -0.39 is 0 Å². The van der Waals surface area contributed by atoms with Crippen LogP contribution in [0.15, 0.2) is 41.1 Å². The van der Waals surface area contributed by atoms with Crippen molar-refractivity contribution in [3.8, 4) is 0 Å². The lowest BCUT2D eigenvalue weighted by molar-refractivity contribution is 0.0784. The van der Waals surface area contributed by atoms with Gasteiger partial charge >= 0.3 is 0 Å². The van der Waals surface area contributed by atoms with E-state index >= 15 is 0 Å². The van der Waals surface area contributed by atoms with E-state index in [1.165, 1.54) is 0 Å². The third-order valence-corrected chi connectivity index (χ3v) is 3.62. The molecule has 20 heavy (non-hydrogen) atoms. The molecule has 4 nitrogen and oxygen atoms in total. The molecule has 1 aromatic carbocycles. The topological polar surface area (TPSA) is 59.2 Å². The molecule has 0 unspecified atom stereocenters. The minimum atomic E-state index is -0.0488. The third kappa shape index (κ3) is 3.17. The van der Waals surface area contributed by atoms with E-state index in [4.69, 9.17) is 5.73 Å². The lowest BCUT2D eigenvalue weighted by Gasteiger charge is -2.19. The zero-order valence-electron chi connectivity index (χ0n) is 11.4. The van der Waals surface area contributed by atoms with Gasteiger partial charge in [0.15, 0.2) is 0 Å². The lowest BCUT2D eigenvalue weighted by Crippen LogP contribution is -2.27. The molecule has 2 N–H and O–H groups in total. The van der Waals surface area contributed by atoms with Crippen molar-refractivity contribution in [1.29, 1.82) is 0 Å². The SMILES string of the molecule is Cc1c(N)cc(Br)cc1C(=O)N(C)Cc1ccncc1.